The summed E-state index contributed by atoms with van der Waals surface area (Å²) in [6.45, 7) is 12.9. The highest BCUT2D eigenvalue weighted by molar-refractivity contribution is 5.80. The highest BCUT2D eigenvalue weighted by atomic mass is 16.5. The fourth-order valence-corrected chi connectivity index (χ4v) is 3.10. The van der Waals surface area contributed by atoms with Gasteiger partial charge in [-0.25, -0.2) is 0 Å². The van der Waals surface area contributed by atoms with Gasteiger partial charge in [-0.15, -0.1) is 0 Å². The molecule has 1 rings (SSSR count). The van der Waals surface area contributed by atoms with Crippen LogP contribution in [0.15, 0.2) is 0 Å². The van der Waals surface area contributed by atoms with Gasteiger partial charge in [0.2, 0.25) is 0 Å². The van der Waals surface area contributed by atoms with E-state index in [9.17, 15) is 4.79 Å². The Labute approximate surface area is 130 Å². The van der Waals surface area contributed by atoms with Crippen molar-refractivity contribution in [2.45, 2.75) is 65.3 Å². The highest BCUT2D eigenvalue weighted by Gasteiger charge is 2.35. The third-order valence-electron chi connectivity index (χ3n) is 4.49. The molecule has 0 spiro atoms. The fourth-order valence-electron chi connectivity index (χ4n) is 3.10. The Morgan fingerprint density at radius 1 is 1.33 bits per heavy atom. The predicted molar refractivity (Wildman–Crippen MR) is 87.4 cm³/mol. The lowest BCUT2D eigenvalue weighted by Crippen LogP contribution is -2.52. The quantitative estimate of drug-likeness (QED) is 0.630. The van der Waals surface area contributed by atoms with Crippen LogP contribution < -0.4 is 5.32 Å². The van der Waals surface area contributed by atoms with Crippen LogP contribution in [0.3, 0.4) is 0 Å². The summed E-state index contributed by atoms with van der Waals surface area (Å²) in [5.41, 5.74) is -0.547. The standard InChI is InChI=1S/C17H34N2O2/c1-5-8-15-9-12-19(14-15)13-10-17(4,18-11-6-2)16(20)21-7-3/h15,18H,5-14H2,1-4H3. The molecule has 0 aromatic heterocycles. The zero-order valence-corrected chi connectivity index (χ0v) is 14.4. The molecular formula is C17H34N2O2. The van der Waals surface area contributed by atoms with Gasteiger partial charge in [-0.2, -0.15) is 0 Å². The van der Waals surface area contributed by atoms with Gasteiger partial charge in [-0.3, -0.25) is 4.79 Å². The van der Waals surface area contributed by atoms with Crippen LogP contribution in [0.5, 0.6) is 0 Å². The average molecular weight is 298 g/mol. The predicted octanol–water partition coefficient (Wildman–Crippen LogP) is 2.82. The molecule has 0 saturated carbocycles. The van der Waals surface area contributed by atoms with E-state index in [2.05, 4.69) is 24.1 Å². The monoisotopic (exact) mass is 298 g/mol. The van der Waals surface area contributed by atoms with Crippen LogP contribution in [0, 0.1) is 5.92 Å². The Bertz CT molecular complexity index is 309. The summed E-state index contributed by atoms with van der Waals surface area (Å²) in [5, 5.41) is 3.39. The van der Waals surface area contributed by atoms with E-state index in [1.54, 1.807) is 0 Å². The van der Waals surface area contributed by atoms with E-state index in [4.69, 9.17) is 4.74 Å². The summed E-state index contributed by atoms with van der Waals surface area (Å²) in [7, 11) is 0. The molecule has 0 radical (unpaired) electrons. The van der Waals surface area contributed by atoms with Crippen molar-refractivity contribution in [1.82, 2.24) is 10.2 Å². The smallest absolute Gasteiger partial charge is 0.326 e. The maximum atomic E-state index is 12.2. The number of nitrogens with zero attached hydrogens (tertiary/aromatic N) is 1. The lowest BCUT2D eigenvalue weighted by atomic mass is 9.97. The van der Waals surface area contributed by atoms with E-state index < -0.39 is 5.54 Å². The molecular weight excluding hydrogens is 264 g/mol. The van der Waals surface area contributed by atoms with Gasteiger partial charge in [0, 0.05) is 13.1 Å². The number of rotatable bonds is 10. The Morgan fingerprint density at radius 2 is 2.10 bits per heavy atom. The zero-order valence-electron chi connectivity index (χ0n) is 14.4. The lowest BCUT2D eigenvalue weighted by Gasteiger charge is -2.30. The zero-order chi connectivity index (χ0) is 15.7. The molecule has 1 N–H and O–H groups in total. The Balaban J connectivity index is 2.47. The number of hydrogen-bond donors (Lipinski definition) is 1. The first-order valence-corrected chi connectivity index (χ1v) is 8.70. The van der Waals surface area contributed by atoms with E-state index in [1.165, 1.54) is 32.4 Å². The molecule has 21 heavy (non-hydrogen) atoms. The molecule has 124 valence electrons. The second-order valence-corrected chi connectivity index (χ2v) is 6.47. The molecule has 1 fully saturated rings. The summed E-state index contributed by atoms with van der Waals surface area (Å²) in [5.74, 6) is 0.746. The summed E-state index contributed by atoms with van der Waals surface area (Å²) >= 11 is 0. The minimum Gasteiger partial charge on any atom is -0.465 e. The van der Waals surface area contributed by atoms with Crippen molar-refractivity contribution >= 4 is 5.97 Å². The van der Waals surface area contributed by atoms with Gasteiger partial charge < -0.3 is 15.0 Å². The molecule has 0 amide bonds. The van der Waals surface area contributed by atoms with Crippen molar-refractivity contribution in [3.63, 3.8) is 0 Å². The van der Waals surface area contributed by atoms with E-state index in [0.717, 1.165) is 31.8 Å². The normalized spacial score (nSPS) is 22.2. The summed E-state index contributed by atoms with van der Waals surface area (Å²) in [6, 6.07) is 0. The molecule has 4 nitrogen and oxygen atoms in total. The first-order valence-electron chi connectivity index (χ1n) is 8.70. The van der Waals surface area contributed by atoms with Gasteiger partial charge >= 0.3 is 5.97 Å². The van der Waals surface area contributed by atoms with Crippen LogP contribution in [0.25, 0.3) is 0 Å². The molecule has 1 heterocycles. The second-order valence-electron chi connectivity index (χ2n) is 6.47. The SMILES string of the molecule is CCCNC(C)(CCN1CCC(CCC)C1)C(=O)OCC. The van der Waals surface area contributed by atoms with Crippen molar-refractivity contribution in [3.8, 4) is 0 Å². The summed E-state index contributed by atoms with van der Waals surface area (Å²) in [6.07, 6.45) is 5.77. The third kappa shape index (κ3) is 5.95. The number of carbonyl (C=O) groups is 1. The molecule has 0 bridgehead atoms. The second kappa shape index (κ2) is 9.42. The van der Waals surface area contributed by atoms with Gasteiger partial charge in [0.25, 0.3) is 0 Å². The lowest BCUT2D eigenvalue weighted by molar-refractivity contribution is -0.151. The number of esters is 1. The Kier molecular flexibility index (Phi) is 8.27. The van der Waals surface area contributed by atoms with E-state index >= 15 is 0 Å². The van der Waals surface area contributed by atoms with Crippen molar-refractivity contribution in [1.29, 1.82) is 0 Å². The number of nitrogens with one attached hydrogen (secondary N) is 1. The van der Waals surface area contributed by atoms with Crippen LogP contribution in [-0.2, 0) is 9.53 Å². The van der Waals surface area contributed by atoms with Gasteiger partial charge in [0.15, 0.2) is 0 Å². The number of likely N-dealkylation sites (tertiary alicyclic amines) is 1. The first kappa shape index (κ1) is 18.4. The summed E-state index contributed by atoms with van der Waals surface area (Å²) < 4.78 is 5.26. The average Bonchev–Trinajstić information content (AvgIpc) is 2.91. The molecule has 1 aliphatic rings. The van der Waals surface area contributed by atoms with Crippen LogP contribution >= 0.6 is 0 Å². The number of hydrogen-bond acceptors (Lipinski definition) is 4. The van der Waals surface area contributed by atoms with E-state index in [1.807, 2.05) is 13.8 Å². The summed E-state index contributed by atoms with van der Waals surface area (Å²) in [4.78, 5) is 14.7. The minimum absolute atomic E-state index is 0.109. The van der Waals surface area contributed by atoms with Crippen LogP contribution in [-0.4, -0.2) is 49.2 Å². The largest absolute Gasteiger partial charge is 0.465 e. The molecule has 0 aromatic carbocycles. The molecule has 4 heteroatoms. The van der Waals surface area contributed by atoms with Gasteiger partial charge in [-0.05, 0) is 58.5 Å². The van der Waals surface area contributed by atoms with Crippen molar-refractivity contribution in [3.05, 3.63) is 0 Å². The third-order valence-corrected chi connectivity index (χ3v) is 4.49. The topological polar surface area (TPSA) is 41.6 Å². The van der Waals surface area contributed by atoms with Crippen LogP contribution in [0.1, 0.15) is 59.8 Å². The van der Waals surface area contributed by atoms with Gasteiger partial charge in [-0.1, -0.05) is 20.3 Å². The van der Waals surface area contributed by atoms with Crippen LogP contribution in [0.2, 0.25) is 0 Å². The first-order chi connectivity index (χ1) is 10.1. The Morgan fingerprint density at radius 3 is 2.71 bits per heavy atom. The van der Waals surface area contributed by atoms with Crippen molar-refractivity contribution < 1.29 is 9.53 Å². The molecule has 2 unspecified atom stereocenters. The van der Waals surface area contributed by atoms with Gasteiger partial charge in [0.1, 0.15) is 5.54 Å². The number of carbonyl (C=O) groups excluding carboxylic acids is 1. The maximum absolute atomic E-state index is 12.2. The van der Waals surface area contributed by atoms with E-state index in [-0.39, 0.29) is 5.97 Å². The maximum Gasteiger partial charge on any atom is 0.326 e. The molecule has 1 saturated heterocycles. The molecule has 0 aromatic rings. The van der Waals surface area contributed by atoms with Crippen molar-refractivity contribution in [2.75, 3.05) is 32.8 Å². The fraction of sp³-hybridized carbons (Fsp3) is 0.941. The van der Waals surface area contributed by atoms with Crippen LogP contribution in [0.4, 0.5) is 0 Å². The van der Waals surface area contributed by atoms with Crippen molar-refractivity contribution in [2.24, 2.45) is 5.92 Å². The molecule has 0 aliphatic carbocycles. The number of ether oxygens (including phenoxy) is 1. The highest BCUT2D eigenvalue weighted by Crippen LogP contribution is 2.22. The Hall–Kier alpha value is -0.610. The molecule has 2 atom stereocenters. The van der Waals surface area contributed by atoms with Gasteiger partial charge in [0.05, 0.1) is 6.61 Å². The van der Waals surface area contributed by atoms with E-state index in [0.29, 0.717) is 6.61 Å². The minimum atomic E-state index is -0.547. The molecule has 1 aliphatic heterocycles.